The summed E-state index contributed by atoms with van der Waals surface area (Å²) in [5.41, 5.74) is 1.29. The van der Waals surface area contributed by atoms with Crippen molar-refractivity contribution in [2.45, 2.75) is 13.0 Å². The van der Waals surface area contributed by atoms with E-state index in [1.54, 1.807) is 18.2 Å². The lowest BCUT2D eigenvalue weighted by Gasteiger charge is -2.18. The second kappa shape index (κ2) is 5.68. The van der Waals surface area contributed by atoms with Crippen LogP contribution in [0.1, 0.15) is 18.5 Å². The number of nitrogens with one attached hydrogen (secondary N) is 1. The molecule has 0 aromatic heterocycles. The fraction of sp³-hybridized carbons (Fsp3) is 0.143. The van der Waals surface area contributed by atoms with E-state index >= 15 is 0 Å². The van der Waals surface area contributed by atoms with Crippen molar-refractivity contribution in [1.82, 2.24) is 0 Å². The summed E-state index contributed by atoms with van der Waals surface area (Å²) in [6.45, 7) is 1.85. The maximum Gasteiger partial charge on any atom is 0.126 e. The van der Waals surface area contributed by atoms with Gasteiger partial charge in [-0.15, -0.1) is 0 Å². The van der Waals surface area contributed by atoms with Crippen LogP contribution < -0.4 is 5.32 Å². The van der Waals surface area contributed by atoms with Gasteiger partial charge in [-0.1, -0.05) is 29.3 Å². The van der Waals surface area contributed by atoms with E-state index in [-0.39, 0.29) is 11.8 Å². The Bertz CT molecular complexity index is 604. The van der Waals surface area contributed by atoms with E-state index in [1.165, 1.54) is 12.1 Å². The first-order valence-corrected chi connectivity index (χ1v) is 6.43. The van der Waals surface area contributed by atoms with Crippen LogP contribution in [0.2, 0.25) is 10.0 Å². The Hall–Kier alpha value is -1.45. The molecule has 1 atom stereocenters. The summed E-state index contributed by atoms with van der Waals surface area (Å²) in [6, 6.07) is 8.79. The number of halogens is 3. The summed E-state index contributed by atoms with van der Waals surface area (Å²) in [5.74, 6) is -0.567. The Morgan fingerprint density at radius 2 is 1.89 bits per heavy atom. The number of phenols is 1. The zero-order valence-corrected chi connectivity index (χ0v) is 11.6. The quantitative estimate of drug-likeness (QED) is 0.835. The lowest BCUT2D eigenvalue weighted by molar-refractivity contribution is 0.459. The predicted octanol–water partition coefficient (Wildman–Crippen LogP) is 5.01. The van der Waals surface area contributed by atoms with Gasteiger partial charge >= 0.3 is 0 Å². The van der Waals surface area contributed by atoms with Gasteiger partial charge in [0.2, 0.25) is 0 Å². The highest BCUT2D eigenvalue weighted by atomic mass is 35.5. The van der Waals surface area contributed by atoms with Crippen LogP contribution >= 0.6 is 23.2 Å². The Labute approximate surface area is 120 Å². The van der Waals surface area contributed by atoms with E-state index in [0.29, 0.717) is 21.3 Å². The molecule has 0 fully saturated rings. The molecule has 19 heavy (non-hydrogen) atoms. The van der Waals surface area contributed by atoms with Gasteiger partial charge in [-0.05, 0) is 31.2 Å². The smallest absolute Gasteiger partial charge is 0.126 e. The highest BCUT2D eigenvalue weighted by molar-refractivity contribution is 6.36. The molecule has 2 aromatic rings. The van der Waals surface area contributed by atoms with E-state index in [4.69, 9.17) is 23.2 Å². The first-order chi connectivity index (χ1) is 8.97. The molecule has 0 spiro atoms. The van der Waals surface area contributed by atoms with Crippen LogP contribution in [-0.4, -0.2) is 5.11 Å². The van der Waals surface area contributed by atoms with Crippen LogP contribution in [0, 0.1) is 5.82 Å². The Morgan fingerprint density at radius 3 is 2.53 bits per heavy atom. The third-order valence-corrected chi connectivity index (χ3v) is 3.31. The van der Waals surface area contributed by atoms with E-state index in [2.05, 4.69) is 5.32 Å². The van der Waals surface area contributed by atoms with Crippen LogP contribution in [0.15, 0.2) is 36.4 Å². The number of hydrogen-bond donors (Lipinski definition) is 2. The molecule has 0 aliphatic carbocycles. The number of rotatable bonds is 3. The third-order valence-electron chi connectivity index (χ3n) is 2.76. The molecule has 1 unspecified atom stereocenters. The van der Waals surface area contributed by atoms with Crippen LogP contribution in [-0.2, 0) is 0 Å². The minimum Gasteiger partial charge on any atom is -0.507 e. The first kappa shape index (κ1) is 14.0. The van der Waals surface area contributed by atoms with Gasteiger partial charge in [-0.25, -0.2) is 4.39 Å². The van der Waals surface area contributed by atoms with Gasteiger partial charge in [0.25, 0.3) is 0 Å². The molecule has 0 saturated heterocycles. The summed E-state index contributed by atoms with van der Waals surface area (Å²) in [5, 5.41) is 13.9. The minimum absolute atomic E-state index is 0.0925. The van der Waals surface area contributed by atoms with Crippen molar-refractivity contribution in [1.29, 1.82) is 0 Å². The summed E-state index contributed by atoms with van der Waals surface area (Å²) >= 11 is 11.9. The molecule has 100 valence electrons. The van der Waals surface area contributed by atoms with Crippen molar-refractivity contribution in [2.24, 2.45) is 0 Å². The van der Waals surface area contributed by atoms with Crippen molar-refractivity contribution < 1.29 is 9.50 Å². The molecule has 0 aliphatic heterocycles. The fourth-order valence-electron chi connectivity index (χ4n) is 1.80. The zero-order valence-electron chi connectivity index (χ0n) is 10.1. The van der Waals surface area contributed by atoms with Gasteiger partial charge in [0, 0.05) is 16.7 Å². The van der Waals surface area contributed by atoms with Gasteiger partial charge < -0.3 is 10.4 Å². The van der Waals surface area contributed by atoms with E-state index in [0.717, 1.165) is 6.07 Å². The molecule has 5 heteroatoms. The number of hydrogen-bond acceptors (Lipinski definition) is 2. The van der Waals surface area contributed by atoms with Crippen LogP contribution in [0.4, 0.5) is 10.1 Å². The highest BCUT2D eigenvalue weighted by Gasteiger charge is 2.12. The Balaban J connectivity index is 2.23. The molecule has 2 rings (SSSR count). The van der Waals surface area contributed by atoms with E-state index in [9.17, 15) is 9.50 Å². The Kier molecular flexibility index (Phi) is 4.17. The molecule has 0 amide bonds. The molecule has 0 heterocycles. The second-order valence-corrected chi connectivity index (χ2v) is 5.04. The minimum atomic E-state index is -0.474. The predicted molar refractivity (Wildman–Crippen MR) is 76.6 cm³/mol. The van der Waals surface area contributed by atoms with Gasteiger partial charge in [0.05, 0.1) is 16.8 Å². The molecule has 2 nitrogen and oxygen atoms in total. The number of anilines is 1. The maximum atomic E-state index is 12.9. The number of benzene rings is 2. The van der Waals surface area contributed by atoms with Gasteiger partial charge in [-0.2, -0.15) is 0 Å². The van der Waals surface area contributed by atoms with Crippen molar-refractivity contribution in [3.05, 3.63) is 57.8 Å². The summed E-state index contributed by atoms with van der Waals surface area (Å²) in [7, 11) is 0. The summed E-state index contributed by atoms with van der Waals surface area (Å²) in [6.07, 6.45) is 0. The lowest BCUT2D eigenvalue weighted by Crippen LogP contribution is -2.07. The average molecular weight is 300 g/mol. The van der Waals surface area contributed by atoms with Crippen LogP contribution in [0.3, 0.4) is 0 Å². The van der Waals surface area contributed by atoms with Gasteiger partial charge in [0.15, 0.2) is 0 Å². The molecule has 0 bridgehead atoms. The van der Waals surface area contributed by atoms with Crippen molar-refractivity contribution in [3.63, 3.8) is 0 Å². The standard InChI is InChI=1S/C14H12Cl2FNO/c1-8(11-4-3-10(17)7-14(11)19)18-13-5-2-9(15)6-12(13)16/h2-8,18-19H,1H3. The molecule has 2 aromatic carbocycles. The molecule has 2 N–H and O–H groups in total. The molecular formula is C14H12Cl2FNO. The van der Waals surface area contributed by atoms with Crippen LogP contribution in [0.5, 0.6) is 5.75 Å². The first-order valence-electron chi connectivity index (χ1n) is 5.67. The molecular weight excluding hydrogens is 288 g/mol. The van der Waals surface area contributed by atoms with Crippen molar-refractivity contribution >= 4 is 28.9 Å². The molecule has 0 aliphatic rings. The number of aromatic hydroxyl groups is 1. The van der Waals surface area contributed by atoms with Crippen molar-refractivity contribution in [2.75, 3.05) is 5.32 Å². The largest absolute Gasteiger partial charge is 0.507 e. The highest BCUT2D eigenvalue weighted by Crippen LogP contribution is 2.31. The lowest BCUT2D eigenvalue weighted by atomic mass is 10.1. The topological polar surface area (TPSA) is 32.3 Å². The monoisotopic (exact) mass is 299 g/mol. The molecule has 0 saturated carbocycles. The molecule has 0 radical (unpaired) electrons. The maximum absolute atomic E-state index is 12.9. The van der Waals surface area contributed by atoms with Crippen molar-refractivity contribution in [3.8, 4) is 5.75 Å². The van der Waals surface area contributed by atoms with E-state index in [1.807, 2.05) is 6.92 Å². The zero-order chi connectivity index (χ0) is 14.0. The Morgan fingerprint density at radius 1 is 1.16 bits per heavy atom. The van der Waals surface area contributed by atoms with E-state index < -0.39 is 5.82 Å². The fourth-order valence-corrected chi connectivity index (χ4v) is 2.26. The third kappa shape index (κ3) is 3.31. The van der Waals surface area contributed by atoms with Gasteiger partial charge in [-0.3, -0.25) is 0 Å². The van der Waals surface area contributed by atoms with Gasteiger partial charge in [0.1, 0.15) is 11.6 Å². The summed E-state index contributed by atoms with van der Waals surface area (Å²) < 4.78 is 12.9. The SMILES string of the molecule is CC(Nc1ccc(Cl)cc1Cl)c1ccc(F)cc1O. The summed E-state index contributed by atoms with van der Waals surface area (Å²) in [4.78, 5) is 0. The van der Waals surface area contributed by atoms with Crippen LogP contribution in [0.25, 0.3) is 0 Å². The normalized spacial score (nSPS) is 12.2. The average Bonchev–Trinajstić information content (AvgIpc) is 2.32. The number of phenolic OH excluding ortho intramolecular Hbond substituents is 1. The second-order valence-electron chi connectivity index (χ2n) is 4.19.